The minimum absolute atomic E-state index is 0. The topological polar surface area (TPSA) is 52.6 Å². The summed E-state index contributed by atoms with van der Waals surface area (Å²) in [6.07, 6.45) is 0. The summed E-state index contributed by atoms with van der Waals surface area (Å²) in [6.45, 7) is 0. The van der Waals surface area contributed by atoms with E-state index < -0.39 is 11.9 Å². The van der Waals surface area contributed by atoms with Crippen molar-refractivity contribution in [1.82, 2.24) is 0 Å². The van der Waals surface area contributed by atoms with E-state index in [9.17, 15) is 9.59 Å². The van der Waals surface area contributed by atoms with E-state index in [0.717, 1.165) is 0 Å². The molecular weight excluding hydrogens is 254 g/mol. The summed E-state index contributed by atoms with van der Waals surface area (Å²) in [4.78, 5) is 19.8. The molecule has 0 unspecified atom stereocenters. The molecule has 0 aliphatic carbocycles. The Bertz CT molecular complexity index is 104. The Morgan fingerprint density at radius 3 is 1.20 bits per heavy atom. The second kappa shape index (κ2) is 10.5. The Balaban J connectivity index is -0.000000245. The third kappa shape index (κ3) is 7.57. The van der Waals surface area contributed by atoms with Gasteiger partial charge in [0.05, 0.1) is 0 Å². The Hall–Kier alpha value is 1.46. The average Bonchev–Trinajstić information content (AvgIpc) is 1.84. The van der Waals surface area contributed by atoms with Gasteiger partial charge in [0.1, 0.15) is 0 Å². The maximum absolute atomic E-state index is 9.89. The van der Waals surface area contributed by atoms with Crippen molar-refractivity contribution in [2.24, 2.45) is 0 Å². The first-order valence-corrected chi connectivity index (χ1v) is 2.13. The fraction of sp³-hybridized carbons (Fsp3) is 0. The molecule has 0 radical (unpaired) electrons. The molecule has 10 heavy (non-hydrogen) atoms. The SMILES string of the molecule is O=C([O][Ni])C(=O)[O][Ni].[MgH2].[MgH2]. The van der Waals surface area contributed by atoms with Crippen LogP contribution >= 0.6 is 0 Å². The first-order valence-electron chi connectivity index (χ1n) is 1.32. The van der Waals surface area contributed by atoms with Gasteiger partial charge in [-0.05, 0) is 0 Å². The number of carbonyl (C=O) groups excluding carboxylic acids is 2. The molecule has 0 spiro atoms. The molecule has 0 saturated heterocycles. The van der Waals surface area contributed by atoms with Crippen molar-refractivity contribution in [3.8, 4) is 0 Å². The van der Waals surface area contributed by atoms with E-state index in [-0.39, 0.29) is 46.1 Å². The molecule has 0 heterocycles. The monoisotopic (exact) mass is 256 g/mol. The van der Waals surface area contributed by atoms with Gasteiger partial charge < -0.3 is 0 Å². The molecule has 0 rings (SSSR count). The summed E-state index contributed by atoms with van der Waals surface area (Å²) >= 11 is 6.92. The molecule has 0 aliphatic rings. The fourth-order valence-corrected chi connectivity index (χ4v) is 0.217. The van der Waals surface area contributed by atoms with E-state index in [1.807, 2.05) is 0 Å². The van der Waals surface area contributed by atoms with Crippen molar-refractivity contribution < 1.29 is 48.9 Å². The van der Waals surface area contributed by atoms with Crippen LogP contribution in [0.5, 0.6) is 0 Å². The standard InChI is InChI=1S/C2H2O4.2Mg.2Ni.4H/c3-1(4)2(5)6;;;;;;;;/h(H,3,4)(H,5,6);;;;;;;;/q;;;2*+1;;;;/p-2. The zero-order valence-corrected chi connectivity index (χ0v) is 5.24. The van der Waals surface area contributed by atoms with Crippen molar-refractivity contribution in [3.63, 3.8) is 0 Å². The minimum atomic E-state index is -1.24. The Morgan fingerprint density at radius 2 is 1.10 bits per heavy atom. The zero-order chi connectivity index (χ0) is 6.57. The molecule has 4 nitrogen and oxygen atoms in total. The number of carbonyl (C=O) groups is 2. The molecule has 8 heteroatoms. The summed E-state index contributed by atoms with van der Waals surface area (Å²) in [5, 5.41) is 0. The van der Waals surface area contributed by atoms with Gasteiger partial charge >= 0.3 is 107 Å². The molecule has 0 fully saturated rings. The van der Waals surface area contributed by atoms with Crippen LogP contribution in [-0.2, 0) is 48.9 Å². The molecule has 0 aromatic heterocycles. The van der Waals surface area contributed by atoms with E-state index in [2.05, 4.69) is 39.3 Å². The molecule has 60 valence electrons. The second-order valence-corrected chi connectivity index (χ2v) is 1.11. The van der Waals surface area contributed by atoms with Gasteiger partial charge in [0, 0.05) is 0 Å². The third-order valence-corrected chi connectivity index (χ3v) is 0.650. The summed E-state index contributed by atoms with van der Waals surface area (Å²) in [5.74, 6) is -2.48. The van der Waals surface area contributed by atoms with Crippen LogP contribution in [0.3, 0.4) is 0 Å². The van der Waals surface area contributed by atoms with Gasteiger partial charge in [0.25, 0.3) is 0 Å². The number of hydrogen-bond donors (Lipinski definition) is 0. The van der Waals surface area contributed by atoms with Crippen LogP contribution in [-0.4, -0.2) is 58.0 Å². The van der Waals surface area contributed by atoms with E-state index in [1.54, 1.807) is 0 Å². The number of rotatable bonds is 0. The van der Waals surface area contributed by atoms with Crippen molar-refractivity contribution in [1.29, 1.82) is 0 Å². The third-order valence-electron chi connectivity index (χ3n) is 0.284. The molecule has 0 atom stereocenters. The summed E-state index contributed by atoms with van der Waals surface area (Å²) in [6, 6.07) is 0. The summed E-state index contributed by atoms with van der Waals surface area (Å²) in [7, 11) is 0. The van der Waals surface area contributed by atoms with Gasteiger partial charge in [0.15, 0.2) is 0 Å². The van der Waals surface area contributed by atoms with Gasteiger partial charge in [-0.1, -0.05) is 0 Å². The van der Waals surface area contributed by atoms with Crippen molar-refractivity contribution in [2.75, 3.05) is 0 Å². The van der Waals surface area contributed by atoms with Crippen molar-refractivity contribution in [3.05, 3.63) is 0 Å². The van der Waals surface area contributed by atoms with Gasteiger partial charge in [-0.2, -0.15) is 0 Å². The quantitative estimate of drug-likeness (QED) is 0.347. The Morgan fingerprint density at radius 1 is 0.900 bits per heavy atom. The largest absolute Gasteiger partial charge is 0.316 e. The predicted molar refractivity (Wildman–Crippen MR) is 29.3 cm³/mol. The summed E-state index contributed by atoms with van der Waals surface area (Å²) < 4.78 is 7.11. The molecular formula is C2H4Mg2Ni2O4. The molecule has 0 aromatic rings. The van der Waals surface area contributed by atoms with E-state index in [0.29, 0.717) is 0 Å². The molecule has 0 N–H and O–H groups in total. The van der Waals surface area contributed by atoms with E-state index in [1.165, 1.54) is 0 Å². The van der Waals surface area contributed by atoms with Gasteiger partial charge in [0.2, 0.25) is 0 Å². The minimum Gasteiger partial charge on any atom is 0.316 e. The van der Waals surface area contributed by atoms with E-state index >= 15 is 0 Å². The maximum atomic E-state index is 9.89. The Kier molecular flexibility index (Phi) is 18.3. The first kappa shape index (κ1) is 17.5. The van der Waals surface area contributed by atoms with E-state index in [4.69, 9.17) is 0 Å². The van der Waals surface area contributed by atoms with Crippen molar-refractivity contribution in [2.45, 2.75) is 0 Å². The Labute approximate surface area is 106 Å². The second-order valence-electron chi connectivity index (χ2n) is 0.704. The molecule has 0 saturated carbocycles. The van der Waals surface area contributed by atoms with Gasteiger partial charge in [-0.25, -0.2) is 0 Å². The molecule has 0 bridgehead atoms. The van der Waals surface area contributed by atoms with Gasteiger partial charge in [-0.15, -0.1) is 0 Å². The number of hydrogen-bond acceptors (Lipinski definition) is 4. The zero-order valence-electron chi connectivity index (χ0n) is 3.27. The first-order chi connectivity index (χ1) is 3.72. The van der Waals surface area contributed by atoms with Crippen LogP contribution in [0.4, 0.5) is 0 Å². The summed E-state index contributed by atoms with van der Waals surface area (Å²) in [5.41, 5.74) is 0. The van der Waals surface area contributed by atoms with Crippen LogP contribution in [0.2, 0.25) is 0 Å². The maximum Gasteiger partial charge on any atom is 0.316 e. The smallest absolute Gasteiger partial charge is 0.316 e. The van der Waals surface area contributed by atoms with Crippen LogP contribution in [0.15, 0.2) is 0 Å². The van der Waals surface area contributed by atoms with Crippen LogP contribution < -0.4 is 0 Å². The molecule has 0 amide bonds. The molecule has 0 aliphatic heterocycles. The van der Waals surface area contributed by atoms with Gasteiger partial charge in [-0.3, -0.25) is 0 Å². The van der Waals surface area contributed by atoms with Crippen LogP contribution in [0.1, 0.15) is 0 Å². The predicted octanol–water partition coefficient (Wildman–Crippen LogP) is -2.84. The van der Waals surface area contributed by atoms with Crippen LogP contribution in [0, 0.1) is 0 Å². The molecule has 0 aromatic carbocycles. The normalized spacial score (nSPS) is 6.40. The van der Waals surface area contributed by atoms with Crippen LogP contribution in [0.25, 0.3) is 0 Å². The average molecular weight is 258 g/mol. The van der Waals surface area contributed by atoms with Crippen molar-refractivity contribution >= 4 is 58.0 Å². The fourth-order valence-electron chi connectivity index (χ4n) is 0.0527.